The third-order valence-corrected chi connectivity index (χ3v) is 4.43. The molecule has 0 spiro atoms. The van der Waals surface area contributed by atoms with E-state index in [9.17, 15) is 0 Å². The van der Waals surface area contributed by atoms with Gasteiger partial charge in [-0.25, -0.2) is 0 Å². The van der Waals surface area contributed by atoms with Crippen LogP contribution in [0.5, 0.6) is 0 Å². The topological polar surface area (TPSA) is 25.8 Å². The molecule has 3 heteroatoms. The van der Waals surface area contributed by atoms with Gasteiger partial charge >= 0.3 is 0 Å². The maximum Gasteiger partial charge on any atom is 0.120 e. The van der Waals surface area contributed by atoms with Gasteiger partial charge in [0.15, 0.2) is 0 Å². The van der Waals surface area contributed by atoms with Crippen LogP contribution in [0.4, 0.5) is 0 Å². The van der Waals surface area contributed by atoms with E-state index in [2.05, 4.69) is 37.9 Å². The predicted molar refractivity (Wildman–Crippen MR) is 71.2 cm³/mol. The van der Waals surface area contributed by atoms with Gasteiger partial charge in [0.2, 0.25) is 0 Å². The zero-order valence-electron chi connectivity index (χ0n) is 11.0. The maximum atomic E-state index is 4.39. The Kier molecular flexibility index (Phi) is 5.96. The van der Waals surface area contributed by atoms with E-state index in [-0.39, 0.29) is 0 Å². The van der Waals surface area contributed by atoms with E-state index >= 15 is 0 Å². The lowest BCUT2D eigenvalue weighted by Gasteiger charge is -2.10. The average Bonchev–Trinajstić information content (AvgIpc) is 2.77. The summed E-state index contributed by atoms with van der Waals surface area (Å²) >= 11 is 1.83. The molecule has 0 bridgehead atoms. The van der Waals surface area contributed by atoms with Crippen molar-refractivity contribution in [3.8, 4) is 0 Å². The Morgan fingerprint density at radius 1 is 1.00 bits per heavy atom. The van der Waals surface area contributed by atoms with Gasteiger partial charge in [-0.3, -0.25) is 0 Å². The summed E-state index contributed by atoms with van der Waals surface area (Å²) < 4.78 is 0. The lowest BCUT2D eigenvalue weighted by atomic mass is 9.99. The normalized spacial score (nSPS) is 13.3. The molecule has 0 aliphatic rings. The number of aromatic nitrogens is 2. The SMILES string of the molecule is CCCC(CCC)c1nnc(C(C)CC)s1. The predicted octanol–water partition coefficient (Wildman–Crippen LogP) is 4.74. The molecular formula is C13H24N2S. The van der Waals surface area contributed by atoms with Gasteiger partial charge < -0.3 is 0 Å². The first-order valence-electron chi connectivity index (χ1n) is 6.56. The number of hydrogen-bond donors (Lipinski definition) is 0. The van der Waals surface area contributed by atoms with Crippen LogP contribution >= 0.6 is 11.3 Å². The molecule has 2 nitrogen and oxygen atoms in total. The fourth-order valence-electron chi connectivity index (χ4n) is 1.87. The first-order valence-corrected chi connectivity index (χ1v) is 7.37. The number of hydrogen-bond acceptors (Lipinski definition) is 3. The van der Waals surface area contributed by atoms with Crippen molar-refractivity contribution in [1.29, 1.82) is 0 Å². The molecule has 0 radical (unpaired) electrons. The van der Waals surface area contributed by atoms with Gasteiger partial charge in [0.05, 0.1) is 0 Å². The first kappa shape index (κ1) is 13.6. The Hall–Kier alpha value is -0.440. The standard InChI is InChI=1S/C13H24N2S/c1-5-8-11(9-6-2)13-15-14-12(16-13)10(4)7-3/h10-11H,5-9H2,1-4H3. The van der Waals surface area contributed by atoms with E-state index in [0.717, 1.165) is 6.42 Å². The van der Waals surface area contributed by atoms with E-state index in [1.54, 1.807) is 0 Å². The highest BCUT2D eigenvalue weighted by Crippen LogP contribution is 2.31. The fraction of sp³-hybridized carbons (Fsp3) is 0.846. The second-order valence-electron chi connectivity index (χ2n) is 4.56. The van der Waals surface area contributed by atoms with Crippen LogP contribution in [-0.4, -0.2) is 10.2 Å². The first-order chi connectivity index (χ1) is 7.72. The Morgan fingerprint density at radius 2 is 1.56 bits per heavy atom. The lowest BCUT2D eigenvalue weighted by Crippen LogP contribution is -1.97. The number of rotatable bonds is 7. The van der Waals surface area contributed by atoms with Gasteiger partial charge in [-0.1, -0.05) is 40.5 Å². The summed E-state index contributed by atoms with van der Waals surface area (Å²) in [6.45, 7) is 8.94. The van der Waals surface area contributed by atoms with Crippen molar-refractivity contribution in [1.82, 2.24) is 10.2 Å². The highest BCUT2D eigenvalue weighted by molar-refractivity contribution is 7.11. The van der Waals surface area contributed by atoms with Crippen molar-refractivity contribution in [2.75, 3.05) is 0 Å². The van der Waals surface area contributed by atoms with E-state index < -0.39 is 0 Å². The molecular weight excluding hydrogens is 216 g/mol. The molecule has 1 aromatic rings. The van der Waals surface area contributed by atoms with Gasteiger partial charge in [-0.2, -0.15) is 0 Å². The van der Waals surface area contributed by atoms with Crippen LogP contribution in [0.25, 0.3) is 0 Å². The molecule has 0 saturated carbocycles. The summed E-state index contributed by atoms with van der Waals surface area (Å²) in [6.07, 6.45) is 6.14. The molecule has 92 valence electrons. The maximum absolute atomic E-state index is 4.39. The minimum absolute atomic E-state index is 0.565. The smallest absolute Gasteiger partial charge is 0.120 e. The van der Waals surface area contributed by atoms with Crippen molar-refractivity contribution in [2.24, 2.45) is 0 Å². The molecule has 0 fully saturated rings. The molecule has 0 N–H and O–H groups in total. The molecule has 1 unspecified atom stereocenters. The van der Waals surface area contributed by atoms with Gasteiger partial charge in [0, 0.05) is 11.8 Å². The fourth-order valence-corrected chi connectivity index (χ4v) is 3.02. The quantitative estimate of drug-likeness (QED) is 0.688. The van der Waals surface area contributed by atoms with Crippen LogP contribution < -0.4 is 0 Å². The van der Waals surface area contributed by atoms with Crippen LogP contribution in [0, 0.1) is 0 Å². The van der Waals surface area contributed by atoms with Crippen LogP contribution in [-0.2, 0) is 0 Å². The summed E-state index contributed by atoms with van der Waals surface area (Å²) in [6, 6.07) is 0. The van der Waals surface area contributed by atoms with Crippen molar-refractivity contribution in [3.05, 3.63) is 10.0 Å². The van der Waals surface area contributed by atoms with E-state index in [1.807, 2.05) is 11.3 Å². The molecule has 0 amide bonds. The summed E-state index contributed by atoms with van der Waals surface area (Å²) in [5, 5.41) is 11.2. The second kappa shape index (κ2) is 7.00. The van der Waals surface area contributed by atoms with Crippen LogP contribution in [0.1, 0.15) is 81.7 Å². The van der Waals surface area contributed by atoms with Gasteiger partial charge in [-0.05, 0) is 19.3 Å². The molecule has 0 aliphatic carbocycles. The highest BCUT2D eigenvalue weighted by atomic mass is 32.1. The van der Waals surface area contributed by atoms with Crippen LogP contribution in [0.15, 0.2) is 0 Å². The van der Waals surface area contributed by atoms with Crippen molar-refractivity contribution in [3.63, 3.8) is 0 Å². The molecule has 0 aromatic carbocycles. The van der Waals surface area contributed by atoms with E-state index in [0.29, 0.717) is 11.8 Å². The van der Waals surface area contributed by atoms with E-state index in [1.165, 1.54) is 35.7 Å². The zero-order chi connectivity index (χ0) is 12.0. The molecule has 16 heavy (non-hydrogen) atoms. The third-order valence-electron chi connectivity index (χ3n) is 3.11. The highest BCUT2D eigenvalue weighted by Gasteiger charge is 2.17. The molecule has 1 rings (SSSR count). The van der Waals surface area contributed by atoms with Gasteiger partial charge in [-0.15, -0.1) is 21.5 Å². The Labute approximate surface area is 103 Å². The lowest BCUT2D eigenvalue weighted by molar-refractivity contribution is 0.553. The Balaban J connectivity index is 2.72. The second-order valence-corrected chi connectivity index (χ2v) is 5.60. The number of nitrogens with zero attached hydrogens (tertiary/aromatic N) is 2. The monoisotopic (exact) mass is 240 g/mol. The van der Waals surface area contributed by atoms with Crippen molar-refractivity contribution >= 4 is 11.3 Å². The van der Waals surface area contributed by atoms with Crippen molar-refractivity contribution < 1.29 is 0 Å². The molecule has 0 aliphatic heterocycles. The average molecular weight is 240 g/mol. The summed E-state index contributed by atoms with van der Waals surface area (Å²) in [7, 11) is 0. The molecule has 1 aromatic heterocycles. The summed E-state index contributed by atoms with van der Waals surface area (Å²) in [4.78, 5) is 0. The van der Waals surface area contributed by atoms with Crippen LogP contribution in [0.3, 0.4) is 0 Å². The third kappa shape index (κ3) is 3.55. The van der Waals surface area contributed by atoms with Gasteiger partial charge in [0.25, 0.3) is 0 Å². The molecule has 1 atom stereocenters. The minimum Gasteiger partial charge on any atom is -0.143 e. The Morgan fingerprint density at radius 3 is 2.06 bits per heavy atom. The Bertz CT molecular complexity index is 290. The minimum atomic E-state index is 0.565. The van der Waals surface area contributed by atoms with Crippen LogP contribution in [0.2, 0.25) is 0 Å². The van der Waals surface area contributed by atoms with Gasteiger partial charge in [0.1, 0.15) is 10.0 Å². The molecule has 0 saturated heterocycles. The summed E-state index contributed by atoms with van der Waals surface area (Å²) in [5.41, 5.74) is 0. The largest absolute Gasteiger partial charge is 0.143 e. The molecule has 1 heterocycles. The van der Waals surface area contributed by atoms with Crippen molar-refractivity contribution in [2.45, 2.75) is 71.6 Å². The summed E-state index contributed by atoms with van der Waals surface area (Å²) in [5.74, 6) is 1.21. The van der Waals surface area contributed by atoms with E-state index in [4.69, 9.17) is 0 Å². The zero-order valence-corrected chi connectivity index (χ0v) is 11.8.